The first-order valence-corrected chi connectivity index (χ1v) is 12.1. The lowest BCUT2D eigenvalue weighted by Gasteiger charge is -2.37. The highest BCUT2D eigenvalue weighted by molar-refractivity contribution is 5.96. The molecule has 9 heteroatoms. The summed E-state index contributed by atoms with van der Waals surface area (Å²) < 4.78 is 32.3. The first-order chi connectivity index (χ1) is 17.9. The van der Waals surface area contributed by atoms with Crippen LogP contribution in [0.15, 0.2) is 67.1 Å². The topological polar surface area (TPSA) is 71.8 Å². The van der Waals surface area contributed by atoms with Gasteiger partial charge in [-0.2, -0.15) is 8.78 Å². The number of anilines is 2. The summed E-state index contributed by atoms with van der Waals surface area (Å²) in [4.78, 5) is 24.1. The zero-order chi connectivity index (χ0) is 25.6. The van der Waals surface area contributed by atoms with E-state index in [1.54, 1.807) is 42.9 Å². The second kappa shape index (κ2) is 9.08. The second-order valence-corrected chi connectivity index (χ2v) is 9.79. The summed E-state index contributed by atoms with van der Waals surface area (Å²) in [7, 11) is 0. The number of halogens is 2. The van der Waals surface area contributed by atoms with Gasteiger partial charge >= 0.3 is 0 Å². The van der Waals surface area contributed by atoms with E-state index in [1.165, 1.54) is 0 Å². The molecule has 6 rings (SSSR count). The molecule has 2 aliphatic heterocycles. The van der Waals surface area contributed by atoms with E-state index in [1.807, 2.05) is 34.4 Å². The molecule has 7 nitrogen and oxygen atoms in total. The SMILES string of the molecule is Cc1cc(Nc2nccn3c(-c4ccc(C=C(F)F)cc4)cnc23)ccc1C(=O)N1CCC2(COC2)C1. The highest BCUT2D eigenvalue weighted by atomic mass is 19.3. The fourth-order valence-corrected chi connectivity index (χ4v) is 5.12. The molecule has 37 heavy (non-hydrogen) atoms. The minimum absolute atomic E-state index is 0.0571. The fourth-order valence-electron chi connectivity index (χ4n) is 5.12. The monoisotopic (exact) mass is 501 g/mol. The Bertz CT molecular complexity index is 1520. The average molecular weight is 502 g/mol. The van der Waals surface area contributed by atoms with Gasteiger partial charge in [-0.25, -0.2) is 9.97 Å². The average Bonchev–Trinajstić information content (AvgIpc) is 3.50. The lowest BCUT2D eigenvalue weighted by Crippen LogP contribution is -2.45. The van der Waals surface area contributed by atoms with Gasteiger partial charge < -0.3 is 15.0 Å². The molecule has 0 radical (unpaired) electrons. The van der Waals surface area contributed by atoms with Crippen LogP contribution in [0.1, 0.15) is 27.9 Å². The predicted octanol–water partition coefficient (Wildman–Crippen LogP) is 5.55. The molecule has 0 aliphatic carbocycles. The molecule has 0 saturated carbocycles. The summed E-state index contributed by atoms with van der Waals surface area (Å²) in [6.45, 7) is 4.95. The molecule has 1 spiro atoms. The summed E-state index contributed by atoms with van der Waals surface area (Å²) in [5, 5.41) is 3.32. The van der Waals surface area contributed by atoms with Crippen molar-refractivity contribution in [1.82, 2.24) is 19.3 Å². The Morgan fingerprint density at radius 2 is 1.95 bits per heavy atom. The largest absolute Gasteiger partial charge is 0.380 e. The van der Waals surface area contributed by atoms with Gasteiger partial charge in [0, 0.05) is 53.8 Å². The third kappa shape index (κ3) is 4.35. The molecule has 0 unspecified atom stereocenters. The number of rotatable bonds is 5. The van der Waals surface area contributed by atoms with Crippen molar-refractivity contribution in [3.05, 3.63) is 83.8 Å². The standard InChI is InChI=1S/C28H25F2N5O2/c1-18-12-21(6-7-22(18)27(36)34-10-8-28(15-34)16-37-17-28)33-25-26-32-14-23(35(26)11-9-31-25)20-4-2-19(3-5-20)13-24(29)30/h2-7,9,11-14H,8,10,15-17H2,1H3,(H,31,33). The predicted molar refractivity (Wildman–Crippen MR) is 137 cm³/mol. The van der Waals surface area contributed by atoms with Crippen LogP contribution in [0.2, 0.25) is 0 Å². The molecular formula is C28H25F2N5O2. The third-order valence-electron chi connectivity index (χ3n) is 7.17. The Morgan fingerprint density at radius 3 is 2.62 bits per heavy atom. The number of hydrogen-bond acceptors (Lipinski definition) is 5. The van der Waals surface area contributed by atoms with E-state index in [4.69, 9.17) is 4.74 Å². The van der Waals surface area contributed by atoms with Crippen LogP contribution in [-0.4, -0.2) is 51.5 Å². The summed E-state index contributed by atoms with van der Waals surface area (Å²) in [6.07, 6.45) is 5.30. The number of fused-ring (bicyclic) bond motifs is 1. The van der Waals surface area contributed by atoms with E-state index in [0.717, 1.165) is 61.3 Å². The zero-order valence-corrected chi connectivity index (χ0v) is 20.2. The Morgan fingerprint density at radius 1 is 1.14 bits per heavy atom. The molecule has 4 aromatic rings. The van der Waals surface area contributed by atoms with E-state index in [-0.39, 0.29) is 11.3 Å². The molecule has 2 saturated heterocycles. The molecule has 1 amide bonds. The number of carbonyl (C=O) groups excluding carboxylic acids is 1. The van der Waals surface area contributed by atoms with Crippen LogP contribution in [0.25, 0.3) is 23.0 Å². The van der Waals surface area contributed by atoms with Gasteiger partial charge in [-0.15, -0.1) is 0 Å². The molecule has 1 N–H and O–H groups in total. The van der Waals surface area contributed by atoms with Gasteiger partial charge in [-0.3, -0.25) is 9.20 Å². The van der Waals surface area contributed by atoms with Crippen LogP contribution in [0, 0.1) is 12.3 Å². The van der Waals surface area contributed by atoms with Gasteiger partial charge in [0.05, 0.1) is 25.1 Å². The maximum atomic E-state index is 13.1. The number of aromatic nitrogens is 3. The molecule has 2 fully saturated rings. The van der Waals surface area contributed by atoms with Gasteiger partial charge in [-0.1, -0.05) is 24.3 Å². The summed E-state index contributed by atoms with van der Waals surface area (Å²) in [5.74, 6) is 0.625. The van der Waals surface area contributed by atoms with Crippen LogP contribution in [-0.2, 0) is 4.74 Å². The van der Waals surface area contributed by atoms with Crippen molar-refractivity contribution < 1.29 is 18.3 Å². The smallest absolute Gasteiger partial charge is 0.270 e. The Hall–Kier alpha value is -4.11. The van der Waals surface area contributed by atoms with Crippen molar-refractivity contribution in [2.45, 2.75) is 13.3 Å². The van der Waals surface area contributed by atoms with E-state index >= 15 is 0 Å². The van der Waals surface area contributed by atoms with Crippen LogP contribution in [0.3, 0.4) is 0 Å². The molecule has 4 heterocycles. The van der Waals surface area contributed by atoms with Crippen molar-refractivity contribution in [3.63, 3.8) is 0 Å². The van der Waals surface area contributed by atoms with E-state index < -0.39 is 6.08 Å². The maximum Gasteiger partial charge on any atom is 0.270 e. The Labute approximate surface area is 212 Å². The van der Waals surface area contributed by atoms with Gasteiger partial charge in [0.25, 0.3) is 12.0 Å². The van der Waals surface area contributed by atoms with Gasteiger partial charge in [0.1, 0.15) is 0 Å². The first-order valence-electron chi connectivity index (χ1n) is 12.1. The highest BCUT2D eigenvalue weighted by Gasteiger charge is 2.45. The maximum absolute atomic E-state index is 13.1. The van der Waals surface area contributed by atoms with Crippen molar-refractivity contribution in [2.24, 2.45) is 5.41 Å². The third-order valence-corrected chi connectivity index (χ3v) is 7.17. The molecule has 2 aromatic carbocycles. The fraction of sp³-hybridized carbons (Fsp3) is 0.250. The number of carbonyl (C=O) groups is 1. The number of amides is 1. The number of nitrogens with zero attached hydrogens (tertiary/aromatic N) is 4. The van der Waals surface area contributed by atoms with Crippen molar-refractivity contribution in [3.8, 4) is 11.3 Å². The van der Waals surface area contributed by atoms with E-state index in [0.29, 0.717) is 22.6 Å². The quantitative estimate of drug-likeness (QED) is 0.388. The number of aryl methyl sites for hydroxylation is 1. The lowest BCUT2D eigenvalue weighted by atomic mass is 9.85. The zero-order valence-electron chi connectivity index (χ0n) is 20.2. The molecule has 0 bridgehead atoms. The van der Waals surface area contributed by atoms with Crippen molar-refractivity contribution in [2.75, 3.05) is 31.6 Å². The lowest BCUT2D eigenvalue weighted by molar-refractivity contribution is -0.103. The first kappa shape index (κ1) is 23.3. The number of ether oxygens (including phenoxy) is 1. The minimum Gasteiger partial charge on any atom is -0.380 e. The molecule has 188 valence electrons. The molecular weight excluding hydrogens is 476 g/mol. The number of hydrogen-bond donors (Lipinski definition) is 1. The van der Waals surface area contributed by atoms with Crippen LogP contribution < -0.4 is 5.32 Å². The Balaban J connectivity index is 1.22. The van der Waals surface area contributed by atoms with Gasteiger partial charge in [-0.05, 0) is 42.7 Å². The van der Waals surface area contributed by atoms with Crippen LogP contribution >= 0.6 is 0 Å². The Kier molecular flexibility index (Phi) is 5.72. The molecule has 2 aliphatic rings. The highest BCUT2D eigenvalue weighted by Crippen LogP contribution is 2.38. The van der Waals surface area contributed by atoms with Gasteiger partial charge in [0.15, 0.2) is 11.5 Å². The van der Waals surface area contributed by atoms with Crippen molar-refractivity contribution >= 4 is 29.1 Å². The number of imidazole rings is 1. The van der Waals surface area contributed by atoms with E-state index in [2.05, 4.69) is 15.3 Å². The number of nitrogens with one attached hydrogen (secondary N) is 1. The number of benzene rings is 2. The van der Waals surface area contributed by atoms with Gasteiger partial charge in [0.2, 0.25) is 0 Å². The van der Waals surface area contributed by atoms with E-state index in [9.17, 15) is 13.6 Å². The molecule has 0 atom stereocenters. The summed E-state index contributed by atoms with van der Waals surface area (Å²) in [6, 6.07) is 12.5. The van der Waals surface area contributed by atoms with Crippen LogP contribution in [0.4, 0.5) is 20.3 Å². The normalized spacial score (nSPS) is 16.1. The second-order valence-electron chi connectivity index (χ2n) is 9.79. The molecule has 2 aromatic heterocycles. The summed E-state index contributed by atoms with van der Waals surface area (Å²) in [5.41, 5.74) is 5.25. The summed E-state index contributed by atoms with van der Waals surface area (Å²) >= 11 is 0. The number of likely N-dealkylation sites (tertiary alicyclic amines) is 1. The minimum atomic E-state index is -1.73. The van der Waals surface area contributed by atoms with Crippen molar-refractivity contribution in [1.29, 1.82) is 0 Å². The van der Waals surface area contributed by atoms with Crippen LogP contribution in [0.5, 0.6) is 0 Å².